The molecular formula is C19H20N2O. The summed E-state index contributed by atoms with van der Waals surface area (Å²) in [4.78, 5) is 11.6. The van der Waals surface area contributed by atoms with E-state index in [4.69, 9.17) is 5.84 Å². The summed E-state index contributed by atoms with van der Waals surface area (Å²) in [6.07, 6.45) is 19.5. The van der Waals surface area contributed by atoms with Crippen molar-refractivity contribution < 1.29 is 4.79 Å². The second-order valence-electron chi connectivity index (χ2n) is 6.41. The topological polar surface area (TPSA) is 55.1 Å². The van der Waals surface area contributed by atoms with E-state index in [0.717, 1.165) is 19.3 Å². The number of carbonyl (C=O) groups excluding carboxylic acids is 1. The number of rotatable bonds is 2. The lowest BCUT2D eigenvalue weighted by Gasteiger charge is -2.29. The second-order valence-corrected chi connectivity index (χ2v) is 6.41. The van der Waals surface area contributed by atoms with Gasteiger partial charge >= 0.3 is 0 Å². The Labute approximate surface area is 130 Å². The molecule has 0 radical (unpaired) electrons. The minimum absolute atomic E-state index is 0.0926. The smallest absolute Gasteiger partial charge is 0.234 e. The molecule has 1 amide bonds. The summed E-state index contributed by atoms with van der Waals surface area (Å²) in [5.74, 6) is 5.77. The summed E-state index contributed by atoms with van der Waals surface area (Å²) in [6, 6.07) is 0. The Bertz CT molecular complexity index is 716. The molecule has 0 fully saturated rings. The molecule has 0 bridgehead atoms. The maximum Gasteiger partial charge on any atom is 0.234 e. The van der Waals surface area contributed by atoms with Crippen molar-refractivity contribution in [3.63, 3.8) is 0 Å². The van der Waals surface area contributed by atoms with Crippen LogP contribution in [0.3, 0.4) is 0 Å². The Kier molecular flexibility index (Phi) is 3.23. The van der Waals surface area contributed by atoms with E-state index in [1.165, 1.54) is 27.9 Å². The number of hydrazine groups is 1. The molecule has 3 nitrogen and oxygen atoms in total. The van der Waals surface area contributed by atoms with Gasteiger partial charge in [0, 0.05) is 12.3 Å². The Morgan fingerprint density at radius 1 is 1.27 bits per heavy atom. The molecule has 0 saturated carbocycles. The zero-order chi connectivity index (χ0) is 15.1. The van der Waals surface area contributed by atoms with Crippen LogP contribution in [0.2, 0.25) is 0 Å². The molecule has 0 heterocycles. The highest BCUT2D eigenvalue weighted by molar-refractivity contribution is 5.76. The number of allylic oxidation sites excluding steroid dienone is 12. The SMILES string of the molecule is NNC(=O)C[C@H]1C=C2C=CC3=C(C=CCC3)C3=CC=C(C1)[C@@H]23. The van der Waals surface area contributed by atoms with Crippen molar-refractivity contribution in [2.45, 2.75) is 25.7 Å². The lowest BCUT2D eigenvalue weighted by atomic mass is 9.75. The molecule has 4 aliphatic rings. The van der Waals surface area contributed by atoms with Crippen LogP contribution in [-0.4, -0.2) is 5.91 Å². The lowest BCUT2D eigenvalue weighted by molar-refractivity contribution is -0.121. The highest BCUT2D eigenvalue weighted by Crippen LogP contribution is 2.48. The predicted molar refractivity (Wildman–Crippen MR) is 87.3 cm³/mol. The maximum atomic E-state index is 11.6. The first-order valence-electron chi connectivity index (χ1n) is 7.96. The van der Waals surface area contributed by atoms with Crippen molar-refractivity contribution in [3.05, 3.63) is 70.4 Å². The van der Waals surface area contributed by atoms with Crippen LogP contribution < -0.4 is 11.3 Å². The molecule has 0 saturated heterocycles. The average Bonchev–Trinajstić information content (AvgIpc) is 2.89. The average molecular weight is 292 g/mol. The van der Waals surface area contributed by atoms with Gasteiger partial charge < -0.3 is 0 Å². The summed E-state index contributed by atoms with van der Waals surface area (Å²) >= 11 is 0. The molecule has 4 aliphatic carbocycles. The number of nitrogens with one attached hydrogen (secondary N) is 1. The van der Waals surface area contributed by atoms with Gasteiger partial charge in [0.1, 0.15) is 0 Å². The number of amides is 1. The molecule has 0 unspecified atom stereocenters. The van der Waals surface area contributed by atoms with Gasteiger partial charge in [-0.3, -0.25) is 10.2 Å². The number of hydrogen-bond donors (Lipinski definition) is 2. The number of fused-ring (bicyclic) bond motifs is 1. The number of nitrogens with two attached hydrogens (primary N) is 1. The highest BCUT2D eigenvalue weighted by atomic mass is 16.2. The number of carbonyl (C=O) groups is 1. The van der Waals surface area contributed by atoms with Crippen molar-refractivity contribution >= 4 is 5.91 Å². The zero-order valence-electron chi connectivity index (χ0n) is 12.5. The monoisotopic (exact) mass is 292 g/mol. The Morgan fingerprint density at radius 2 is 2.18 bits per heavy atom. The fourth-order valence-corrected chi connectivity index (χ4v) is 4.06. The Hall–Kier alpha value is -2.13. The molecule has 22 heavy (non-hydrogen) atoms. The van der Waals surface area contributed by atoms with Gasteiger partial charge in [0.05, 0.1) is 0 Å². The minimum atomic E-state index is -0.0926. The standard InChI is InChI=1S/C19H20N2O/c20-21-18(22)11-12-9-14-6-5-13-3-1-2-4-16(13)17-8-7-15(10-12)19(14)17/h2,4-9,12,19H,1,3,10-11,20H2,(H,21,22)/t12-,19+/m0/s1. The van der Waals surface area contributed by atoms with Crippen LogP contribution in [0.25, 0.3) is 0 Å². The Morgan fingerprint density at radius 3 is 3.05 bits per heavy atom. The van der Waals surface area contributed by atoms with Crippen LogP contribution in [0.1, 0.15) is 25.7 Å². The van der Waals surface area contributed by atoms with E-state index in [1.807, 2.05) is 0 Å². The summed E-state index contributed by atoms with van der Waals surface area (Å²) in [5, 5.41) is 0. The minimum Gasteiger partial charge on any atom is -0.294 e. The summed E-state index contributed by atoms with van der Waals surface area (Å²) in [6.45, 7) is 0. The quantitative estimate of drug-likeness (QED) is 0.467. The van der Waals surface area contributed by atoms with Gasteiger partial charge in [-0.05, 0) is 47.5 Å². The van der Waals surface area contributed by atoms with Crippen LogP contribution in [0, 0.1) is 11.8 Å². The highest BCUT2D eigenvalue weighted by Gasteiger charge is 2.34. The lowest BCUT2D eigenvalue weighted by Crippen LogP contribution is -2.32. The van der Waals surface area contributed by atoms with Crippen molar-refractivity contribution in [2.24, 2.45) is 17.7 Å². The van der Waals surface area contributed by atoms with Crippen molar-refractivity contribution in [1.82, 2.24) is 5.43 Å². The van der Waals surface area contributed by atoms with Gasteiger partial charge in [0.25, 0.3) is 0 Å². The van der Waals surface area contributed by atoms with Crippen LogP contribution in [0.4, 0.5) is 0 Å². The van der Waals surface area contributed by atoms with E-state index in [9.17, 15) is 4.79 Å². The molecule has 0 spiro atoms. The summed E-state index contributed by atoms with van der Waals surface area (Å²) < 4.78 is 0. The van der Waals surface area contributed by atoms with E-state index in [0.29, 0.717) is 12.3 Å². The Balaban J connectivity index is 1.71. The van der Waals surface area contributed by atoms with Gasteiger partial charge in [0.15, 0.2) is 0 Å². The number of hydrogen-bond acceptors (Lipinski definition) is 2. The molecular weight excluding hydrogens is 272 g/mol. The van der Waals surface area contributed by atoms with Crippen LogP contribution >= 0.6 is 0 Å². The first-order valence-corrected chi connectivity index (χ1v) is 7.96. The zero-order valence-corrected chi connectivity index (χ0v) is 12.5. The third-order valence-electron chi connectivity index (χ3n) is 5.03. The molecule has 0 aromatic heterocycles. The molecule has 112 valence electrons. The second kappa shape index (κ2) is 5.25. The van der Waals surface area contributed by atoms with E-state index in [2.05, 4.69) is 48.0 Å². The molecule has 3 heteroatoms. The van der Waals surface area contributed by atoms with Gasteiger partial charge in [-0.1, -0.05) is 48.1 Å². The van der Waals surface area contributed by atoms with Gasteiger partial charge in [0.2, 0.25) is 5.91 Å². The molecule has 0 aromatic carbocycles. The van der Waals surface area contributed by atoms with Crippen LogP contribution in [-0.2, 0) is 4.79 Å². The van der Waals surface area contributed by atoms with E-state index in [-0.39, 0.29) is 11.8 Å². The van der Waals surface area contributed by atoms with Crippen molar-refractivity contribution in [2.75, 3.05) is 0 Å². The molecule has 4 rings (SSSR count). The fraction of sp³-hybridized carbons (Fsp3) is 0.316. The van der Waals surface area contributed by atoms with Crippen LogP contribution in [0.15, 0.2) is 70.4 Å². The van der Waals surface area contributed by atoms with Crippen molar-refractivity contribution in [1.29, 1.82) is 0 Å². The first-order chi connectivity index (χ1) is 10.8. The molecule has 0 aromatic rings. The molecule has 0 aliphatic heterocycles. The maximum absolute atomic E-state index is 11.6. The fourth-order valence-electron chi connectivity index (χ4n) is 4.06. The van der Waals surface area contributed by atoms with Gasteiger partial charge in [-0.2, -0.15) is 0 Å². The molecule has 3 N–H and O–H groups in total. The van der Waals surface area contributed by atoms with E-state index >= 15 is 0 Å². The first kappa shape index (κ1) is 13.5. The van der Waals surface area contributed by atoms with Gasteiger partial charge in [-0.25, -0.2) is 5.84 Å². The van der Waals surface area contributed by atoms with Gasteiger partial charge in [-0.15, -0.1) is 0 Å². The van der Waals surface area contributed by atoms with E-state index < -0.39 is 0 Å². The van der Waals surface area contributed by atoms with Crippen LogP contribution in [0.5, 0.6) is 0 Å². The third kappa shape index (κ3) is 2.13. The van der Waals surface area contributed by atoms with Crippen molar-refractivity contribution in [3.8, 4) is 0 Å². The summed E-state index contributed by atoms with van der Waals surface area (Å²) in [7, 11) is 0. The normalized spacial score (nSPS) is 28.3. The van der Waals surface area contributed by atoms with E-state index in [1.54, 1.807) is 0 Å². The predicted octanol–water partition coefficient (Wildman–Crippen LogP) is 3.01. The molecule has 2 atom stereocenters. The summed E-state index contributed by atoms with van der Waals surface area (Å²) in [5.41, 5.74) is 9.28. The largest absolute Gasteiger partial charge is 0.294 e. The third-order valence-corrected chi connectivity index (χ3v) is 5.03.